The van der Waals surface area contributed by atoms with Gasteiger partial charge in [-0.1, -0.05) is 97.3 Å². The van der Waals surface area contributed by atoms with Gasteiger partial charge in [-0.2, -0.15) is 0 Å². The van der Waals surface area contributed by atoms with E-state index in [1.165, 1.54) is 136 Å². The first-order valence-electron chi connectivity index (χ1n) is 12.1. The average Bonchev–Trinajstić information content (AvgIpc) is 2.66. The summed E-state index contributed by atoms with van der Waals surface area (Å²) in [6, 6.07) is 0. The number of unbranched alkanes of at least 4 members (excludes halogenated alkanes) is 13. The number of hydrogen-bond acceptors (Lipinski definition) is 3. The Morgan fingerprint density at radius 1 is 0.538 bits per heavy atom. The lowest BCUT2D eigenvalue weighted by Crippen LogP contribution is -2.52. The summed E-state index contributed by atoms with van der Waals surface area (Å²) in [6.45, 7) is 11.9. The molecular weight excluding hydrogens is 318 g/mol. The van der Waals surface area contributed by atoms with Crippen LogP contribution >= 0.6 is 0 Å². The highest BCUT2D eigenvalue weighted by Crippen LogP contribution is 2.12. The smallest absolute Gasteiger partial charge is 0.0259 e. The Kier molecular flexibility index (Phi) is 16.8. The third kappa shape index (κ3) is 14.0. The highest BCUT2D eigenvalue weighted by molar-refractivity contribution is 4.68. The molecule has 1 heterocycles. The van der Waals surface area contributed by atoms with E-state index in [0.29, 0.717) is 0 Å². The van der Waals surface area contributed by atoms with Crippen LogP contribution in [0, 0.1) is 0 Å². The summed E-state index contributed by atoms with van der Waals surface area (Å²) in [5, 5.41) is 2.44. The summed E-state index contributed by atoms with van der Waals surface area (Å²) in [5.41, 5.74) is 3.63. The van der Waals surface area contributed by atoms with Crippen LogP contribution in [0.25, 0.3) is 0 Å². The fourth-order valence-corrected chi connectivity index (χ4v) is 4.00. The lowest BCUT2D eigenvalue weighted by Gasteiger charge is -2.34. The van der Waals surface area contributed by atoms with Gasteiger partial charge in [0.2, 0.25) is 0 Å². The van der Waals surface area contributed by atoms with Crippen molar-refractivity contribution in [3.8, 4) is 0 Å². The third-order valence-electron chi connectivity index (χ3n) is 5.78. The Morgan fingerprint density at radius 3 is 1.46 bits per heavy atom. The number of hydrazine groups is 1. The summed E-state index contributed by atoms with van der Waals surface area (Å²) in [6.07, 6.45) is 21.5. The van der Waals surface area contributed by atoms with Crippen molar-refractivity contribution >= 4 is 0 Å². The molecule has 0 aromatic carbocycles. The molecule has 1 saturated heterocycles. The van der Waals surface area contributed by atoms with Gasteiger partial charge in [0.15, 0.2) is 0 Å². The van der Waals surface area contributed by atoms with E-state index in [-0.39, 0.29) is 0 Å². The average molecular weight is 368 g/mol. The van der Waals surface area contributed by atoms with Gasteiger partial charge in [0, 0.05) is 32.7 Å². The van der Waals surface area contributed by atoms with Crippen molar-refractivity contribution < 1.29 is 0 Å². The van der Waals surface area contributed by atoms with Crippen molar-refractivity contribution in [2.75, 3.05) is 39.3 Å². The van der Waals surface area contributed by atoms with E-state index in [1.807, 2.05) is 0 Å². The molecule has 1 aliphatic rings. The van der Waals surface area contributed by atoms with Crippen molar-refractivity contribution in [2.45, 2.75) is 110 Å². The van der Waals surface area contributed by atoms with E-state index in [4.69, 9.17) is 0 Å². The first kappa shape index (κ1) is 23.9. The molecule has 0 spiro atoms. The summed E-state index contributed by atoms with van der Waals surface area (Å²) in [7, 11) is 0. The molecule has 0 saturated carbocycles. The maximum Gasteiger partial charge on any atom is 0.0259 e. The van der Waals surface area contributed by atoms with Crippen LogP contribution in [-0.4, -0.2) is 49.2 Å². The van der Waals surface area contributed by atoms with E-state index < -0.39 is 0 Å². The Bertz CT molecular complexity index is 275. The predicted octanol–water partition coefficient (Wildman–Crippen LogP) is 6.00. The van der Waals surface area contributed by atoms with Crippen molar-refractivity contribution in [1.82, 2.24) is 15.3 Å². The number of nitrogens with zero attached hydrogens (tertiary/aromatic N) is 2. The van der Waals surface area contributed by atoms with Gasteiger partial charge in [-0.25, -0.2) is 5.01 Å². The lowest BCUT2D eigenvalue weighted by atomic mass is 10.0. The zero-order chi connectivity index (χ0) is 18.7. The summed E-state index contributed by atoms with van der Waals surface area (Å²) in [5.74, 6) is 0. The van der Waals surface area contributed by atoms with Crippen LogP contribution in [0.3, 0.4) is 0 Å². The molecule has 156 valence electrons. The van der Waals surface area contributed by atoms with Crippen molar-refractivity contribution in [2.24, 2.45) is 0 Å². The van der Waals surface area contributed by atoms with Gasteiger partial charge in [-0.15, -0.1) is 0 Å². The summed E-state index contributed by atoms with van der Waals surface area (Å²) >= 11 is 0. The van der Waals surface area contributed by atoms with Gasteiger partial charge in [-0.05, 0) is 19.4 Å². The molecule has 1 aliphatic heterocycles. The molecule has 0 amide bonds. The van der Waals surface area contributed by atoms with E-state index in [2.05, 4.69) is 29.2 Å². The minimum absolute atomic E-state index is 1.17. The largest absolute Gasteiger partial charge is 0.301 e. The van der Waals surface area contributed by atoms with Crippen LogP contribution in [0.15, 0.2) is 0 Å². The predicted molar refractivity (Wildman–Crippen MR) is 117 cm³/mol. The second-order valence-corrected chi connectivity index (χ2v) is 8.33. The van der Waals surface area contributed by atoms with Gasteiger partial charge in [-0.3, -0.25) is 5.43 Å². The Morgan fingerprint density at radius 2 is 1.00 bits per heavy atom. The van der Waals surface area contributed by atoms with Gasteiger partial charge in [0.1, 0.15) is 0 Å². The number of hydrogen-bond donors (Lipinski definition) is 1. The normalized spacial score (nSPS) is 16.4. The van der Waals surface area contributed by atoms with Crippen LogP contribution in [0.2, 0.25) is 0 Å². The SMILES string of the molecule is CCCCCCCCCCCCCCCCNN1CCN(CCC)CC1. The Hall–Kier alpha value is -0.120. The second-order valence-electron chi connectivity index (χ2n) is 8.33. The van der Waals surface area contributed by atoms with E-state index in [9.17, 15) is 0 Å². The Balaban J connectivity index is 1.72. The standard InChI is InChI=1S/C23H49N3/c1-3-5-6-7-8-9-10-11-12-13-14-15-16-17-18-24-26-22-20-25(19-4-2)21-23-26/h24H,3-23H2,1-2H3. The quantitative estimate of drug-likeness (QED) is 0.300. The highest BCUT2D eigenvalue weighted by Gasteiger charge is 2.14. The fourth-order valence-electron chi connectivity index (χ4n) is 4.00. The maximum atomic E-state index is 3.63. The maximum absolute atomic E-state index is 3.63. The molecule has 3 nitrogen and oxygen atoms in total. The van der Waals surface area contributed by atoms with Crippen LogP contribution in [-0.2, 0) is 0 Å². The van der Waals surface area contributed by atoms with Gasteiger partial charge in [0.05, 0.1) is 0 Å². The summed E-state index contributed by atoms with van der Waals surface area (Å²) < 4.78 is 0. The van der Waals surface area contributed by atoms with Crippen LogP contribution in [0.4, 0.5) is 0 Å². The van der Waals surface area contributed by atoms with Crippen LogP contribution < -0.4 is 5.43 Å². The van der Waals surface area contributed by atoms with Gasteiger partial charge >= 0.3 is 0 Å². The molecule has 1 fully saturated rings. The fraction of sp³-hybridized carbons (Fsp3) is 1.00. The molecule has 0 atom stereocenters. The van der Waals surface area contributed by atoms with E-state index in [1.54, 1.807) is 0 Å². The van der Waals surface area contributed by atoms with Crippen LogP contribution in [0.5, 0.6) is 0 Å². The van der Waals surface area contributed by atoms with Crippen LogP contribution in [0.1, 0.15) is 110 Å². The van der Waals surface area contributed by atoms with Crippen molar-refractivity contribution in [3.63, 3.8) is 0 Å². The molecule has 26 heavy (non-hydrogen) atoms. The molecular formula is C23H49N3. The van der Waals surface area contributed by atoms with Crippen molar-refractivity contribution in [3.05, 3.63) is 0 Å². The first-order chi connectivity index (χ1) is 12.9. The zero-order valence-corrected chi connectivity index (χ0v) is 18.2. The topological polar surface area (TPSA) is 18.5 Å². The lowest BCUT2D eigenvalue weighted by molar-refractivity contribution is 0.0893. The molecule has 0 aromatic rings. The third-order valence-corrected chi connectivity index (χ3v) is 5.78. The Labute approximate surface area is 165 Å². The van der Waals surface area contributed by atoms with Gasteiger partial charge in [0.25, 0.3) is 0 Å². The first-order valence-corrected chi connectivity index (χ1v) is 12.1. The molecule has 3 heteroatoms. The number of rotatable bonds is 18. The van der Waals surface area contributed by atoms with E-state index >= 15 is 0 Å². The highest BCUT2D eigenvalue weighted by atomic mass is 15.5. The molecule has 0 aromatic heterocycles. The molecule has 1 N–H and O–H groups in total. The molecule has 1 rings (SSSR count). The molecule has 0 aliphatic carbocycles. The molecule has 0 bridgehead atoms. The number of piperazine rings is 1. The zero-order valence-electron chi connectivity index (χ0n) is 18.2. The van der Waals surface area contributed by atoms with Gasteiger partial charge < -0.3 is 4.90 Å². The summed E-state index contributed by atoms with van der Waals surface area (Å²) in [4.78, 5) is 2.59. The number of nitrogens with one attached hydrogen (secondary N) is 1. The van der Waals surface area contributed by atoms with E-state index in [0.717, 1.165) is 0 Å². The molecule has 0 unspecified atom stereocenters. The molecule has 0 radical (unpaired) electrons. The monoisotopic (exact) mass is 367 g/mol. The minimum Gasteiger partial charge on any atom is -0.301 e. The van der Waals surface area contributed by atoms with Crippen molar-refractivity contribution in [1.29, 1.82) is 0 Å². The second kappa shape index (κ2) is 18.3. The minimum atomic E-state index is 1.17.